The molecule has 1 aliphatic rings. The van der Waals surface area contributed by atoms with E-state index in [1.165, 1.54) is 44.4 Å². The van der Waals surface area contributed by atoms with Gasteiger partial charge in [-0.1, -0.05) is 0 Å². The third kappa shape index (κ3) is 4.30. The molecule has 0 aliphatic carbocycles. The summed E-state index contributed by atoms with van der Waals surface area (Å²) in [5.74, 6) is -1.78. The van der Waals surface area contributed by atoms with Crippen LogP contribution in [0, 0.1) is 5.82 Å². The minimum Gasteiger partial charge on any atom is -0.489 e. The number of halogens is 1. The molecule has 1 aromatic rings. The first-order valence-corrected chi connectivity index (χ1v) is 7.69. The Morgan fingerprint density at radius 1 is 1.15 bits per heavy atom. The maximum atomic E-state index is 13.9. The van der Waals surface area contributed by atoms with E-state index in [0.717, 1.165) is 0 Å². The van der Waals surface area contributed by atoms with E-state index in [1.54, 1.807) is 0 Å². The standard InChI is InChI=1S/C17H20FNO7/c1-22-6-7-26-14-5-4-11(18)8-13(14)19-10-25-9-12(16(20)23-2)15(19)17(21)24-3/h4-5,8H,6-7,9-10H2,1-3H3. The minimum atomic E-state index is -0.777. The van der Waals surface area contributed by atoms with Crippen molar-refractivity contribution >= 4 is 17.6 Å². The van der Waals surface area contributed by atoms with Crippen LogP contribution >= 0.6 is 0 Å². The molecular weight excluding hydrogens is 349 g/mol. The number of carbonyl (C=O) groups excluding carboxylic acids is 2. The molecule has 2 rings (SSSR count). The Morgan fingerprint density at radius 2 is 1.88 bits per heavy atom. The zero-order valence-corrected chi connectivity index (χ0v) is 14.7. The van der Waals surface area contributed by atoms with Gasteiger partial charge in [0.25, 0.3) is 0 Å². The number of benzene rings is 1. The molecule has 0 saturated heterocycles. The molecule has 1 aromatic carbocycles. The van der Waals surface area contributed by atoms with E-state index in [0.29, 0.717) is 12.4 Å². The molecule has 1 aliphatic heterocycles. The average molecular weight is 369 g/mol. The van der Waals surface area contributed by atoms with E-state index in [2.05, 4.69) is 0 Å². The van der Waals surface area contributed by atoms with E-state index >= 15 is 0 Å². The number of hydrogen-bond acceptors (Lipinski definition) is 8. The lowest BCUT2D eigenvalue weighted by atomic mass is 10.1. The lowest BCUT2D eigenvalue weighted by Gasteiger charge is -2.32. The maximum Gasteiger partial charge on any atom is 0.355 e. The van der Waals surface area contributed by atoms with Crippen LogP contribution in [0.1, 0.15) is 0 Å². The smallest absolute Gasteiger partial charge is 0.355 e. The number of hydrogen-bond donors (Lipinski definition) is 0. The largest absolute Gasteiger partial charge is 0.489 e. The van der Waals surface area contributed by atoms with Gasteiger partial charge in [0.1, 0.15) is 30.6 Å². The van der Waals surface area contributed by atoms with Crippen molar-refractivity contribution in [3.05, 3.63) is 35.3 Å². The van der Waals surface area contributed by atoms with Crippen LogP contribution in [-0.4, -0.2) is 59.8 Å². The SMILES string of the molecule is COCCOc1ccc(F)cc1N1COCC(C(=O)OC)=C1C(=O)OC. The molecule has 0 saturated carbocycles. The van der Waals surface area contributed by atoms with Gasteiger partial charge in [-0.3, -0.25) is 0 Å². The predicted octanol–water partition coefficient (Wildman–Crippen LogP) is 1.25. The Bertz CT molecular complexity index is 704. The highest BCUT2D eigenvalue weighted by Crippen LogP contribution is 2.34. The highest BCUT2D eigenvalue weighted by atomic mass is 19.1. The van der Waals surface area contributed by atoms with Crippen LogP contribution in [0.4, 0.5) is 10.1 Å². The lowest BCUT2D eigenvalue weighted by molar-refractivity contribution is -0.140. The molecule has 1 heterocycles. The molecule has 0 aromatic heterocycles. The zero-order valence-electron chi connectivity index (χ0n) is 14.7. The molecule has 0 bridgehead atoms. The van der Waals surface area contributed by atoms with Crippen LogP contribution in [0.2, 0.25) is 0 Å². The third-order valence-corrected chi connectivity index (χ3v) is 3.59. The van der Waals surface area contributed by atoms with E-state index in [9.17, 15) is 14.0 Å². The molecule has 0 radical (unpaired) electrons. The third-order valence-electron chi connectivity index (χ3n) is 3.59. The Balaban J connectivity index is 2.52. The molecule has 8 nitrogen and oxygen atoms in total. The van der Waals surface area contributed by atoms with E-state index in [4.69, 9.17) is 23.7 Å². The predicted molar refractivity (Wildman–Crippen MR) is 88.1 cm³/mol. The van der Waals surface area contributed by atoms with E-state index < -0.39 is 17.8 Å². The maximum absolute atomic E-state index is 13.9. The van der Waals surface area contributed by atoms with Crippen molar-refractivity contribution in [3.63, 3.8) is 0 Å². The highest BCUT2D eigenvalue weighted by molar-refractivity contribution is 6.03. The van der Waals surface area contributed by atoms with Crippen molar-refractivity contribution in [2.45, 2.75) is 0 Å². The van der Waals surface area contributed by atoms with Gasteiger partial charge in [0.05, 0.1) is 38.7 Å². The van der Waals surface area contributed by atoms with Gasteiger partial charge in [-0.25, -0.2) is 14.0 Å². The first kappa shape index (κ1) is 19.7. The van der Waals surface area contributed by atoms with Crippen LogP contribution in [0.3, 0.4) is 0 Å². The average Bonchev–Trinajstić information content (AvgIpc) is 2.67. The van der Waals surface area contributed by atoms with Crippen LogP contribution in [0.5, 0.6) is 5.75 Å². The molecule has 0 N–H and O–H groups in total. The number of esters is 2. The normalized spacial score (nSPS) is 14.2. The van der Waals surface area contributed by atoms with Gasteiger partial charge < -0.3 is 28.6 Å². The summed E-state index contributed by atoms with van der Waals surface area (Å²) in [7, 11) is 3.89. The van der Waals surface area contributed by atoms with E-state index in [-0.39, 0.29) is 36.9 Å². The Hall–Kier alpha value is -2.65. The number of methoxy groups -OCH3 is 3. The van der Waals surface area contributed by atoms with Gasteiger partial charge in [-0.2, -0.15) is 0 Å². The van der Waals surface area contributed by atoms with Gasteiger partial charge in [0.15, 0.2) is 0 Å². The van der Waals surface area contributed by atoms with Crippen molar-refractivity contribution in [1.29, 1.82) is 0 Å². The summed E-state index contributed by atoms with van der Waals surface area (Å²) >= 11 is 0. The number of nitrogens with zero attached hydrogens (tertiary/aromatic N) is 1. The Morgan fingerprint density at radius 3 is 2.54 bits per heavy atom. The molecule has 142 valence electrons. The molecule has 0 atom stereocenters. The first-order chi connectivity index (χ1) is 12.5. The fourth-order valence-corrected chi connectivity index (χ4v) is 2.39. The fourth-order valence-electron chi connectivity index (χ4n) is 2.39. The molecule has 9 heteroatoms. The summed E-state index contributed by atoms with van der Waals surface area (Å²) in [6.07, 6.45) is 0. The molecule has 0 spiro atoms. The molecular formula is C17H20FNO7. The second kappa shape index (κ2) is 9.16. The summed E-state index contributed by atoms with van der Waals surface area (Å²) < 4.78 is 39.2. The fraction of sp³-hybridized carbons (Fsp3) is 0.412. The summed E-state index contributed by atoms with van der Waals surface area (Å²) in [4.78, 5) is 25.6. The van der Waals surface area contributed by atoms with Gasteiger partial charge in [-0.15, -0.1) is 0 Å². The number of ether oxygens (including phenoxy) is 5. The Kier molecular flexibility index (Phi) is 6.93. The van der Waals surface area contributed by atoms with Crippen LogP contribution in [0.15, 0.2) is 29.5 Å². The lowest BCUT2D eigenvalue weighted by Crippen LogP contribution is -2.39. The van der Waals surface area contributed by atoms with Crippen molar-refractivity contribution in [3.8, 4) is 5.75 Å². The zero-order chi connectivity index (χ0) is 19.1. The van der Waals surface area contributed by atoms with Gasteiger partial charge >= 0.3 is 11.9 Å². The molecule has 26 heavy (non-hydrogen) atoms. The summed E-state index contributed by atoms with van der Waals surface area (Å²) in [6, 6.07) is 3.81. The summed E-state index contributed by atoms with van der Waals surface area (Å²) in [6.45, 7) is 0.295. The van der Waals surface area contributed by atoms with Crippen molar-refractivity contribution in [2.75, 3.05) is 52.8 Å². The monoisotopic (exact) mass is 369 g/mol. The number of anilines is 1. The van der Waals surface area contributed by atoms with Crippen LogP contribution in [-0.2, 0) is 28.5 Å². The summed E-state index contributed by atoms with van der Waals surface area (Å²) in [5, 5.41) is 0. The van der Waals surface area contributed by atoms with Crippen molar-refractivity contribution in [2.24, 2.45) is 0 Å². The van der Waals surface area contributed by atoms with Crippen molar-refractivity contribution in [1.82, 2.24) is 0 Å². The van der Waals surface area contributed by atoms with Crippen molar-refractivity contribution < 1.29 is 37.7 Å². The van der Waals surface area contributed by atoms with Gasteiger partial charge in [0.2, 0.25) is 0 Å². The highest BCUT2D eigenvalue weighted by Gasteiger charge is 2.33. The quantitative estimate of drug-likeness (QED) is 0.525. The minimum absolute atomic E-state index is 0.0299. The van der Waals surface area contributed by atoms with E-state index in [1.807, 2.05) is 0 Å². The summed E-state index contributed by atoms with van der Waals surface area (Å²) in [5.41, 5.74) is 0.0908. The topological polar surface area (TPSA) is 83.5 Å². The second-order valence-electron chi connectivity index (χ2n) is 5.17. The second-order valence-corrected chi connectivity index (χ2v) is 5.17. The van der Waals surface area contributed by atoms with Crippen LogP contribution in [0.25, 0.3) is 0 Å². The van der Waals surface area contributed by atoms with Gasteiger partial charge in [-0.05, 0) is 12.1 Å². The molecule has 0 fully saturated rings. The first-order valence-electron chi connectivity index (χ1n) is 7.69. The number of carbonyl (C=O) groups is 2. The number of rotatable bonds is 7. The Labute approximate surface area is 150 Å². The molecule has 0 amide bonds. The molecule has 0 unspecified atom stereocenters. The van der Waals surface area contributed by atoms with Crippen LogP contribution < -0.4 is 9.64 Å². The van der Waals surface area contributed by atoms with Gasteiger partial charge in [0, 0.05) is 13.2 Å².